The Morgan fingerprint density at radius 1 is 0.667 bits per heavy atom. The van der Waals surface area contributed by atoms with Gasteiger partial charge >= 0.3 is 5.97 Å². The van der Waals surface area contributed by atoms with Crippen LogP contribution in [0.4, 0.5) is 11.4 Å². The van der Waals surface area contributed by atoms with Crippen LogP contribution in [-0.2, 0) is 10.3 Å². The Hall–Kier alpha value is -4.05. The summed E-state index contributed by atoms with van der Waals surface area (Å²) in [7, 11) is 0. The van der Waals surface area contributed by atoms with Crippen LogP contribution in [0, 0.1) is 0 Å². The van der Waals surface area contributed by atoms with Gasteiger partial charge in [-0.2, -0.15) is 0 Å². The van der Waals surface area contributed by atoms with Crippen molar-refractivity contribution in [3.63, 3.8) is 0 Å². The number of benzene rings is 4. The van der Waals surface area contributed by atoms with Crippen molar-refractivity contribution < 1.29 is 14.3 Å². The monoisotopic (exact) mass is 391 g/mol. The van der Waals surface area contributed by atoms with E-state index in [1.54, 1.807) is 0 Å². The minimum absolute atomic E-state index is 0.331. The third kappa shape index (κ3) is 2.25. The maximum absolute atomic E-state index is 12.9. The third-order valence-corrected chi connectivity index (χ3v) is 5.69. The zero-order valence-corrected chi connectivity index (χ0v) is 16.0. The fourth-order valence-electron chi connectivity index (χ4n) is 4.46. The van der Waals surface area contributed by atoms with E-state index in [4.69, 9.17) is 9.47 Å². The van der Waals surface area contributed by atoms with Crippen LogP contribution in [0.5, 0.6) is 11.5 Å². The summed E-state index contributed by atoms with van der Waals surface area (Å²) in [6.45, 7) is 0. The number of carbonyl (C=O) groups is 1. The summed E-state index contributed by atoms with van der Waals surface area (Å²) in [6, 6.07) is 31.1. The van der Waals surface area contributed by atoms with E-state index in [0.717, 1.165) is 28.1 Å². The number of nitrogens with one attached hydrogen (secondary N) is 1. The first kappa shape index (κ1) is 16.9. The first-order chi connectivity index (χ1) is 14.8. The molecule has 0 amide bonds. The lowest BCUT2D eigenvalue weighted by molar-refractivity contribution is 0.0227. The van der Waals surface area contributed by atoms with Crippen LogP contribution in [0.1, 0.15) is 27.0 Å². The molecule has 0 saturated carbocycles. The van der Waals surface area contributed by atoms with Gasteiger partial charge in [0.2, 0.25) is 0 Å². The van der Waals surface area contributed by atoms with Crippen LogP contribution in [0.15, 0.2) is 97.1 Å². The fraction of sp³-hybridized carbons (Fsp3) is 0.0385. The second kappa shape index (κ2) is 6.22. The quantitative estimate of drug-likeness (QED) is 0.426. The molecular formula is C26H17NO3. The number of ether oxygens (including phenoxy) is 2. The normalized spacial score (nSPS) is 18.1. The summed E-state index contributed by atoms with van der Waals surface area (Å²) >= 11 is 0. The molecule has 0 saturated heterocycles. The van der Waals surface area contributed by atoms with E-state index in [0.29, 0.717) is 17.1 Å². The summed E-state index contributed by atoms with van der Waals surface area (Å²) in [5, 5.41) is 3.49. The molecule has 1 unspecified atom stereocenters. The van der Waals surface area contributed by atoms with E-state index in [-0.39, 0.29) is 5.97 Å². The average Bonchev–Trinajstić information content (AvgIpc) is 3.08. The van der Waals surface area contributed by atoms with Crippen molar-refractivity contribution in [3.8, 4) is 11.5 Å². The van der Waals surface area contributed by atoms with Crippen molar-refractivity contribution in [2.75, 3.05) is 5.32 Å². The Bertz CT molecular complexity index is 1300. The van der Waals surface area contributed by atoms with Gasteiger partial charge in [-0.05, 0) is 36.4 Å². The Kier molecular flexibility index (Phi) is 3.50. The topological polar surface area (TPSA) is 47.6 Å². The number of hydrogen-bond donors (Lipinski definition) is 1. The predicted molar refractivity (Wildman–Crippen MR) is 114 cm³/mol. The first-order valence-corrected chi connectivity index (χ1v) is 9.83. The van der Waals surface area contributed by atoms with Crippen LogP contribution in [0.2, 0.25) is 0 Å². The largest absolute Gasteiger partial charge is 0.456 e. The summed E-state index contributed by atoms with van der Waals surface area (Å²) in [4.78, 5) is 12.9. The molecule has 0 fully saturated rings. The third-order valence-electron chi connectivity index (χ3n) is 5.69. The van der Waals surface area contributed by atoms with Crippen LogP contribution in [0.25, 0.3) is 0 Å². The molecular weight excluding hydrogens is 374 g/mol. The maximum Gasteiger partial charge on any atom is 0.340 e. The number of para-hydroxylation sites is 2. The minimum Gasteiger partial charge on any atom is -0.456 e. The summed E-state index contributed by atoms with van der Waals surface area (Å²) in [5.41, 5.74) is 3.72. The first-order valence-electron chi connectivity index (χ1n) is 9.83. The zero-order valence-electron chi connectivity index (χ0n) is 16.0. The van der Waals surface area contributed by atoms with Crippen molar-refractivity contribution in [1.82, 2.24) is 0 Å². The van der Waals surface area contributed by atoms with Gasteiger partial charge in [0.05, 0.1) is 16.8 Å². The molecule has 0 aliphatic carbocycles. The number of rotatable bonds is 2. The van der Waals surface area contributed by atoms with E-state index in [9.17, 15) is 4.79 Å². The molecule has 1 atom stereocenters. The number of fused-ring (bicyclic) bond motifs is 6. The van der Waals surface area contributed by atoms with Gasteiger partial charge in [-0.3, -0.25) is 0 Å². The van der Waals surface area contributed by atoms with E-state index < -0.39 is 5.60 Å². The highest BCUT2D eigenvalue weighted by Gasteiger charge is 2.54. The van der Waals surface area contributed by atoms with Crippen molar-refractivity contribution >= 4 is 17.3 Å². The van der Waals surface area contributed by atoms with Gasteiger partial charge in [0, 0.05) is 16.8 Å². The average molecular weight is 391 g/mol. The molecule has 1 spiro atoms. The van der Waals surface area contributed by atoms with Gasteiger partial charge in [0.15, 0.2) is 5.60 Å². The maximum atomic E-state index is 12.9. The molecule has 30 heavy (non-hydrogen) atoms. The van der Waals surface area contributed by atoms with Gasteiger partial charge in [0.25, 0.3) is 0 Å². The Balaban J connectivity index is 1.67. The van der Waals surface area contributed by atoms with Gasteiger partial charge in [-0.1, -0.05) is 60.7 Å². The lowest BCUT2D eigenvalue weighted by atomic mass is 9.77. The smallest absolute Gasteiger partial charge is 0.340 e. The van der Waals surface area contributed by atoms with Crippen molar-refractivity contribution in [2.45, 2.75) is 5.60 Å². The van der Waals surface area contributed by atoms with Crippen molar-refractivity contribution in [2.24, 2.45) is 0 Å². The SMILES string of the molecule is O=C1OC2(c3ccccc3Oc3cccc(Nc4ccccc4)c32)c2ccccc21. The second-order valence-electron chi connectivity index (χ2n) is 7.38. The molecule has 4 aromatic rings. The number of hydrogen-bond acceptors (Lipinski definition) is 4. The van der Waals surface area contributed by atoms with Gasteiger partial charge in [-0.25, -0.2) is 4.79 Å². The lowest BCUT2D eigenvalue weighted by Crippen LogP contribution is -2.33. The molecule has 1 N–H and O–H groups in total. The molecule has 2 heterocycles. The number of esters is 1. The molecule has 0 bridgehead atoms. The standard InChI is InChI=1S/C26H17NO3/c28-25-18-11-4-5-12-19(18)26(30-25)20-13-6-7-15-22(20)29-23-16-8-14-21(24(23)26)27-17-9-2-1-3-10-17/h1-16,27H. The molecule has 2 aliphatic heterocycles. The Labute approximate surface area is 173 Å². The Morgan fingerprint density at radius 2 is 1.37 bits per heavy atom. The molecule has 0 aromatic heterocycles. The zero-order chi connectivity index (χ0) is 20.1. The minimum atomic E-state index is -1.07. The lowest BCUT2D eigenvalue weighted by Gasteiger charge is -2.37. The van der Waals surface area contributed by atoms with E-state index in [1.807, 2.05) is 97.1 Å². The van der Waals surface area contributed by atoms with E-state index >= 15 is 0 Å². The van der Waals surface area contributed by atoms with E-state index in [1.165, 1.54) is 0 Å². The van der Waals surface area contributed by atoms with Crippen molar-refractivity contribution in [3.05, 3.63) is 119 Å². The van der Waals surface area contributed by atoms with Crippen LogP contribution < -0.4 is 10.1 Å². The molecule has 4 aromatic carbocycles. The molecule has 4 nitrogen and oxygen atoms in total. The summed E-state index contributed by atoms with van der Waals surface area (Å²) in [5.74, 6) is 1.02. The van der Waals surface area contributed by atoms with Gasteiger partial charge in [-0.15, -0.1) is 0 Å². The molecule has 144 valence electrons. The molecule has 2 aliphatic rings. The fourth-order valence-corrected chi connectivity index (χ4v) is 4.46. The summed E-state index contributed by atoms with van der Waals surface area (Å²) in [6.07, 6.45) is 0. The van der Waals surface area contributed by atoms with Crippen LogP contribution in [0.3, 0.4) is 0 Å². The highest BCUT2D eigenvalue weighted by molar-refractivity contribution is 5.97. The summed E-state index contributed by atoms with van der Waals surface area (Å²) < 4.78 is 12.5. The highest BCUT2D eigenvalue weighted by Crippen LogP contribution is 2.58. The predicted octanol–water partition coefficient (Wildman–Crippen LogP) is 6.00. The van der Waals surface area contributed by atoms with Crippen molar-refractivity contribution in [1.29, 1.82) is 0 Å². The van der Waals surface area contributed by atoms with Gasteiger partial charge < -0.3 is 14.8 Å². The molecule has 6 rings (SSSR count). The molecule has 0 radical (unpaired) electrons. The Morgan fingerprint density at radius 3 is 2.23 bits per heavy atom. The van der Waals surface area contributed by atoms with E-state index in [2.05, 4.69) is 5.32 Å². The second-order valence-corrected chi connectivity index (χ2v) is 7.38. The molecule has 4 heteroatoms. The number of carbonyl (C=O) groups excluding carboxylic acids is 1. The highest BCUT2D eigenvalue weighted by atomic mass is 16.6. The number of anilines is 2. The van der Waals surface area contributed by atoms with Crippen LogP contribution >= 0.6 is 0 Å². The van der Waals surface area contributed by atoms with Crippen LogP contribution in [-0.4, -0.2) is 5.97 Å². The van der Waals surface area contributed by atoms with Gasteiger partial charge in [0.1, 0.15) is 11.5 Å².